The van der Waals surface area contributed by atoms with Gasteiger partial charge in [-0.2, -0.15) is 0 Å². The lowest BCUT2D eigenvalue weighted by Gasteiger charge is -2.12. The summed E-state index contributed by atoms with van der Waals surface area (Å²) in [6, 6.07) is 33.3. The van der Waals surface area contributed by atoms with Crippen molar-refractivity contribution in [2.24, 2.45) is 0 Å². The lowest BCUT2D eigenvalue weighted by atomic mass is 10.3. The number of hydrogen-bond donors (Lipinski definition) is 2. The van der Waals surface area contributed by atoms with Crippen molar-refractivity contribution in [3.05, 3.63) is 109 Å². The van der Waals surface area contributed by atoms with E-state index < -0.39 is 0 Å². The van der Waals surface area contributed by atoms with Crippen molar-refractivity contribution >= 4 is 58.0 Å². The van der Waals surface area contributed by atoms with E-state index in [-0.39, 0.29) is 23.3 Å². The van der Waals surface area contributed by atoms with Gasteiger partial charge in [-0.25, -0.2) is 0 Å². The highest BCUT2D eigenvalue weighted by atomic mass is 32.2. The van der Waals surface area contributed by atoms with Crippen molar-refractivity contribution in [3.63, 3.8) is 0 Å². The summed E-state index contributed by atoms with van der Waals surface area (Å²) in [6.45, 7) is 0. The van der Waals surface area contributed by atoms with Gasteiger partial charge in [0.25, 0.3) is 0 Å². The minimum atomic E-state index is -0.195. The Labute approximate surface area is 249 Å². The van der Waals surface area contributed by atoms with Crippen molar-refractivity contribution < 1.29 is 19.1 Å². The van der Waals surface area contributed by atoms with Crippen LogP contribution >= 0.6 is 34.9 Å². The predicted octanol–water partition coefficient (Wildman–Crippen LogP) is 7.58. The smallest absolute Gasteiger partial charge is 0.234 e. The summed E-state index contributed by atoms with van der Waals surface area (Å²) < 4.78 is 13.1. The van der Waals surface area contributed by atoms with E-state index in [1.54, 1.807) is 24.3 Å². The van der Waals surface area contributed by atoms with Gasteiger partial charge in [-0.15, -0.1) is 10.2 Å². The zero-order valence-corrected chi connectivity index (χ0v) is 24.0. The highest BCUT2D eigenvalue weighted by Crippen LogP contribution is 2.32. The third-order valence-corrected chi connectivity index (χ3v) is 8.50. The first-order valence-corrected chi connectivity index (χ1v) is 15.2. The maximum Gasteiger partial charge on any atom is 0.234 e. The minimum absolute atomic E-state index is 0.150. The molecule has 41 heavy (non-hydrogen) atoms. The molecule has 5 rings (SSSR count). The molecule has 0 radical (unpaired) electrons. The Hall–Kier alpha value is -4.32. The van der Waals surface area contributed by atoms with Crippen LogP contribution in [-0.4, -0.2) is 33.5 Å². The number of thioether (sulfide) groups is 2. The van der Waals surface area contributed by atoms with Gasteiger partial charge in [0.05, 0.1) is 22.9 Å². The Morgan fingerprint density at radius 1 is 0.585 bits per heavy atom. The average molecular weight is 601 g/mol. The molecule has 0 spiro atoms. The van der Waals surface area contributed by atoms with Gasteiger partial charge < -0.3 is 20.1 Å². The van der Waals surface area contributed by atoms with Crippen LogP contribution in [0, 0.1) is 0 Å². The van der Waals surface area contributed by atoms with Crippen molar-refractivity contribution in [1.82, 2.24) is 10.2 Å². The molecule has 0 saturated heterocycles. The van der Waals surface area contributed by atoms with Gasteiger partial charge >= 0.3 is 0 Å². The van der Waals surface area contributed by atoms with Crippen molar-refractivity contribution in [1.29, 1.82) is 0 Å². The number of nitrogens with one attached hydrogen (secondary N) is 2. The van der Waals surface area contributed by atoms with E-state index in [1.807, 2.05) is 84.9 Å². The fourth-order valence-electron chi connectivity index (χ4n) is 3.49. The Balaban J connectivity index is 1.09. The fraction of sp³-hybridized carbons (Fsp3) is 0.0667. The van der Waals surface area contributed by atoms with Gasteiger partial charge in [0.1, 0.15) is 11.5 Å². The summed E-state index contributed by atoms with van der Waals surface area (Å²) in [7, 11) is 0. The third kappa shape index (κ3) is 8.58. The van der Waals surface area contributed by atoms with Gasteiger partial charge in [0, 0.05) is 0 Å². The Kier molecular flexibility index (Phi) is 9.88. The maximum atomic E-state index is 12.6. The molecule has 206 valence electrons. The molecule has 8 nitrogen and oxygen atoms in total. The number of carbonyl (C=O) groups excluding carboxylic acids is 2. The van der Waals surface area contributed by atoms with E-state index in [9.17, 15) is 9.59 Å². The highest BCUT2D eigenvalue weighted by molar-refractivity contribution is 8.03. The van der Waals surface area contributed by atoms with Crippen LogP contribution in [0.15, 0.2) is 118 Å². The van der Waals surface area contributed by atoms with Gasteiger partial charge in [-0.05, 0) is 48.5 Å². The molecule has 2 N–H and O–H groups in total. The number of anilines is 2. The van der Waals surface area contributed by atoms with E-state index in [1.165, 1.54) is 34.9 Å². The zero-order chi connectivity index (χ0) is 28.3. The number of nitrogens with zero attached hydrogens (tertiary/aromatic N) is 2. The monoisotopic (exact) mass is 600 g/mol. The van der Waals surface area contributed by atoms with Crippen molar-refractivity contribution in [3.8, 4) is 23.0 Å². The average Bonchev–Trinajstić information content (AvgIpc) is 3.46. The van der Waals surface area contributed by atoms with Gasteiger partial charge in [-0.3, -0.25) is 9.59 Å². The van der Waals surface area contributed by atoms with E-state index in [0.29, 0.717) is 43.1 Å². The summed E-state index contributed by atoms with van der Waals surface area (Å²) in [4.78, 5) is 25.3. The lowest BCUT2D eigenvalue weighted by Crippen LogP contribution is -2.14. The highest BCUT2D eigenvalue weighted by Gasteiger charge is 2.14. The van der Waals surface area contributed by atoms with Crippen LogP contribution in [0.5, 0.6) is 23.0 Å². The number of rotatable bonds is 12. The number of aromatic nitrogens is 2. The quantitative estimate of drug-likeness (QED) is 0.141. The van der Waals surface area contributed by atoms with E-state index in [0.717, 1.165) is 0 Å². The largest absolute Gasteiger partial charge is 0.455 e. The Bertz CT molecular complexity index is 1480. The number of para-hydroxylation sites is 6. The summed E-state index contributed by atoms with van der Waals surface area (Å²) in [6.07, 6.45) is 0. The SMILES string of the molecule is O=C(CSc1nnc(SCC(=O)Nc2ccccc2Oc2ccccc2)s1)Nc1ccccc1Oc1ccccc1. The molecule has 4 aromatic carbocycles. The lowest BCUT2D eigenvalue weighted by molar-refractivity contribution is -0.114. The van der Waals surface area contributed by atoms with Gasteiger partial charge in [0.15, 0.2) is 20.2 Å². The summed E-state index contributed by atoms with van der Waals surface area (Å²) in [5.74, 6) is 2.38. The van der Waals surface area contributed by atoms with Crippen LogP contribution in [0.25, 0.3) is 0 Å². The molecule has 0 unspecified atom stereocenters. The van der Waals surface area contributed by atoms with Crippen LogP contribution in [0.4, 0.5) is 11.4 Å². The van der Waals surface area contributed by atoms with Crippen LogP contribution in [-0.2, 0) is 9.59 Å². The molecule has 11 heteroatoms. The molecule has 0 saturated carbocycles. The first kappa shape index (κ1) is 28.2. The third-order valence-electron chi connectivity index (χ3n) is 5.31. The molecule has 0 fully saturated rings. The molecule has 0 atom stereocenters. The molecule has 0 aliphatic rings. The standard InChI is InChI=1S/C30H24N4O4S3/c35-27(31-23-15-7-9-17-25(23)37-21-11-3-1-4-12-21)19-39-29-33-34-30(41-29)40-20-28(36)32-24-16-8-10-18-26(24)38-22-13-5-2-6-14-22/h1-18H,19-20H2,(H,31,35)(H,32,36). The number of ether oxygens (including phenoxy) is 2. The van der Waals surface area contributed by atoms with E-state index >= 15 is 0 Å². The molecule has 1 heterocycles. The topological polar surface area (TPSA) is 102 Å². The number of carbonyl (C=O) groups is 2. The molecule has 0 aliphatic carbocycles. The van der Waals surface area contributed by atoms with E-state index in [2.05, 4.69) is 20.8 Å². The van der Waals surface area contributed by atoms with Gasteiger partial charge in [0.2, 0.25) is 11.8 Å². The fourth-order valence-corrected chi connectivity index (χ4v) is 6.11. The molecular formula is C30H24N4O4S3. The van der Waals surface area contributed by atoms with Crippen molar-refractivity contribution in [2.75, 3.05) is 22.1 Å². The molecule has 0 bridgehead atoms. The Morgan fingerprint density at radius 3 is 1.41 bits per heavy atom. The number of benzene rings is 4. The van der Waals surface area contributed by atoms with Gasteiger partial charge in [-0.1, -0.05) is 95.5 Å². The minimum Gasteiger partial charge on any atom is -0.455 e. The Morgan fingerprint density at radius 2 is 0.976 bits per heavy atom. The first-order valence-electron chi connectivity index (χ1n) is 12.4. The predicted molar refractivity (Wildman–Crippen MR) is 165 cm³/mol. The molecule has 1 aromatic heterocycles. The van der Waals surface area contributed by atoms with Crippen LogP contribution < -0.4 is 20.1 Å². The summed E-state index contributed by atoms with van der Waals surface area (Å²) in [5, 5.41) is 14.1. The maximum absolute atomic E-state index is 12.6. The molecular weight excluding hydrogens is 577 g/mol. The second kappa shape index (κ2) is 14.4. The van der Waals surface area contributed by atoms with Crippen LogP contribution in [0.3, 0.4) is 0 Å². The molecule has 2 amide bonds. The molecule has 5 aromatic rings. The van der Waals surface area contributed by atoms with Crippen LogP contribution in [0.2, 0.25) is 0 Å². The van der Waals surface area contributed by atoms with Crippen LogP contribution in [0.1, 0.15) is 0 Å². The second-order valence-corrected chi connectivity index (χ2v) is 11.8. The summed E-state index contributed by atoms with van der Waals surface area (Å²) in [5.41, 5.74) is 1.16. The van der Waals surface area contributed by atoms with Crippen molar-refractivity contribution in [2.45, 2.75) is 8.68 Å². The normalized spacial score (nSPS) is 10.5. The first-order chi connectivity index (χ1) is 20.1. The summed E-state index contributed by atoms with van der Waals surface area (Å²) >= 11 is 3.89. The van der Waals surface area contributed by atoms with E-state index in [4.69, 9.17) is 9.47 Å². The molecule has 0 aliphatic heterocycles. The number of amides is 2. The number of hydrogen-bond acceptors (Lipinski definition) is 9. The zero-order valence-electron chi connectivity index (χ0n) is 21.6. The second-order valence-electron chi connectivity index (χ2n) is 8.33.